The average molecular weight is 253 g/mol. The summed E-state index contributed by atoms with van der Waals surface area (Å²) in [4.78, 5) is 20.3. The maximum atomic E-state index is 10.2. The molecule has 0 amide bonds. The van der Waals surface area contributed by atoms with Gasteiger partial charge in [0, 0.05) is 0 Å². The Kier molecular flexibility index (Phi) is 7.38. The maximum absolute atomic E-state index is 10.2. The summed E-state index contributed by atoms with van der Waals surface area (Å²) in [6.45, 7) is 3.89. The molecular formula is C13H19NO4. The quantitative estimate of drug-likeness (QED) is 0.760. The van der Waals surface area contributed by atoms with Crippen LogP contribution in [-0.4, -0.2) is 28.2 Å². The van der Waals surface area contributed by atoms with Crippen LogP contribution in [0.4, 0.5) is 0 Å². The van der Waals surface area contributed by atoms with E-state index in [1.54, 1.807) is 30.3 Å². The van der Waals surface area contributed by atoms with Crippen molar-refractivity contribution in [1.82, 2.24) is 0 Å². The van der Waals surface area contributed by atoms with E-state index in [9.17, 15) is 9.59 Å². The van der Waals surface area contributed by atoms with Crippen molar-refractivity contribution in [3.05, 3.63) is 35.9 Å². The Balaban J connectivity index is 0.000000321. The normalized spacial score (nSPS) is 11.3. The lowest BCUT2D eigenvalue weighted by molar-refractivity contribution is -0.138. The summed E-state index contributed by atoms with van der Waals surface area (Å²) in [5.41, 5.74) is 5.55. The Bertz CT molecular complexity index is 376. The number of carboxylic acids is 2. The smallest absolute Gasteiger partial charge is 0.335 e. The molecule has 5 heteroatoms. The van der Waals surface area contributed by atoms with Crippen molar-refractivity contribution in [2.45, 2.75) is 26.3 Å². The van der Waals surface area contributed by atoms with Gasteiger partial charge in [-0.3, -0.25) is 4.79 Å². The summed E-state index contributed by atoms with van der Waals surface area (Å²) in [5, 5.41) is 16.7. The molecule has 0 aromatic heterocycles. The van der Waals surface area contributed by atoms with E-state index in [0.29, 0.717) is 17.9 Å². The fourth-order valence-electron chi connectivity index (χ4n) is 1.19. The van der Waals surface area contributed by atoms with Crippen molar-refractivity contribution in [3.63, 3.8) is 0 Å². The van der Waals surface area contributed by atoms with E-state index in [4.69, 9.17) is 15.9 Å². The molecule has 1 unspecified atom stereocenters. The van der Waals surface area contributed by atoms with Gasteiger partial charge in [-0.05, 0) is 24.5 Å². The zero-order valence-corrected chi connectivity index (χ0v) is 10.5. The van der Waals surface area contributed by atoms with E-state index in [2.05, 4.69) is 0 Å². The Hall–Kier alpha value is -1.88. The number of carbonyl (C=O) groups is 2. The van der Waals surface area contributed by atoms with Crippen LogP contribution in [0.2, 0.25) is 0 Å². The van der Waals surface area contributed by atoms with Crippen molar-refractivity contribution < 1.29 is 19.8 Å². The van der Waals surface area contributed by atoms with Gasteiger partial charge in [-0.2, -0.15) is 0 Å². The average Bonchev–Trinajstić information content (AvgIpc) is 2.30. The molecule has 1 aromatic carbocycles. The molecule has 0 saturated heterocycles. The standard InChI is InChI=1S/C7H6O2.C6H13NO2/c8-7(9)6-4-2-1-3-5-6;1-4(2)3-5(7)6(8)9/h1-5H,(H,8,9);4-5H,3,7H2,1-2H3,(H,8,9). The van der Waals surface area contributed by atoms with E-state index in [-0.39, 0.29) is 0 Å². The highest BCUT2D eigenvalue weighted by molar-refractivity contribution is 5.87. The Morgan fingerprint density at radius 1 is 1.17 bits per heavy atom. The summed E-state index contributed by atoms with van der Waals surface area (Å²) >= 11 is 0. The van der Waals surface area contributed by atoms with Gasteiger partial charge >= 0.3 is 11.9 Å². The van der Waals surface area contributed by atoms with E-state index >= 15 is 0 Å². The molecule has 0 fully saturated rings. The topological polar surface area (TPSA) is 101 Å². The van der Waals surface area contributed by atoms with E-state index in [1.807, 2.05) is 13.8 Å². The molecular weight excluding hydrogens is 234 g/mol. The number of benzene rings is 1. The number of carboxylic acid groups (broad SMARTS) is 2. The van der Waals surface area contributed by atoms with Crippen molar-refractivity contribution >= 4 is 11.9 Å². The molecule has 1 aromatic rings. The molecule has 100 valence electrons. The van der Waals surface area contributed by atoms with Gasteiger partial charge in [0.05, 0.1) is 5.56 Å². The van der Waals surface area contributed by atoms with Gasteiger partial charge < -0.3 is 15.9 Å². The monoisotopic (exact) mass is 253 g/mol. The Labute approximate surface area is 106 Å². The second-order valence-corrected chi connectivity index (χ2v) is 4.25. The minimum absolute atomic E-state index is 0.331. The first kappa shape index (κ1) is 16.1. The third-order valence-electron chi connectivity index (χ3n) is 2.06. The molecule has 5 nitrogen and oxygen atoms in total. The third-order valence-corrected chi connectivity index (χ3v) is 2.06. The van der Waals surface area contributed by atoms with Gasteiger partial charge in [-0.15, -0.1) is 0 Å². The number of aliphatic carboxylic acids is 1. The summed E-state index contributed by atoms with van der Waals surface area (Å²) < 4.78 is 0. The van der Waals surface area contributed by atoms with Crippen LogP contribution in [0.1, 0.15) is 30.6 Å². The Morgan fingerprint density at radius 2 is 1.67 bits per heavy atom. The summed E-state index contributed by atoms with van der Waals surface area (Å²) in [6.07, 6.45) is 0.551. The van der Waals surface area contributed by atoms with Crippen LogP contribution in [0.15, 0.2) is 30.3 Å². The number of hydrogen-bond acceptors (Lipinski definition) is 3. The number of hydrogen-bond donors (Lipinski definition) is 3. The molecule has 0 heterocycles. The predicted octanol–water partition coefficient (Wildman–Crippen LogP) is 1.83. The fourth-order valence-corrected chi connectivity index (χ4v) is 1.19. The molecule has 0 saturated carbocycles. The van der Waals surface area contributed by atoms with Gasteiger partial charge in [-0.25, -0.2) is 4.79 Å². The lowest BCUT2D eigenvalue weighted by atomic mass is 10.1. The second kappa shape index (κ2) is 8.25. The SMILES string of the molecule is CC(C)CC(N)C(=O)O.O=C(O)c1ccccc1. The number of aromatic carboxylic acids is 1. The first-order valence-corrected chi connectivity index (χ1v) is 5.61. The van der Waals surface area contributed by atoms with Crippen LogP contribution in [0, 0.1) is 5.92 Å². The van der Waals surface area contributed by atoms with Gasteiger partial charge in [0.15, 0.2) is 0 Å². The minimum atomic E-state index is -0.913. The second-order valence-electron chi connectivity index (χ2n) is 4.25. The first-order valence-electron chi connectivity index (χ1n) is 5.61. The van der Waals surface area contributed by atoms with Crippen molar-refractivity contribution in [3.8, 4) is 0 Å². The fraction of sp³-hybridized carbons (Fsp3) is 0.385. The molecule has 0 bridgehead atoms. The van der Waals surface area contributed by atoms with Crippen LogP contribution in [0.25, 0.3) is 0 Å². The predicted molar refractivity (Wildman–Crippen MR) is 68.5 cm³/mol. The van der Waals surface area contributed by atoms with Crippen LogP contribution in [0.5, 0.6) is 0 Å². The van der Waals surface area contributed by atoms with Crippen molar-refractivity contribution in [1.29, 1.82) is 0 Å². The Morgan fingerprint density at radius 3 is 1.89 bits per heavy atom. The zero-order valence-electron chi connectivity index (χ0n) is 10.5. The van der Waals surface area contributed by atoms with E-state index < -0.39 is 18.0 Å². The number of nitrogens with two attached hydrogens (primary N) is 1. The molecule has 0 aliphatic carbocycles. The first-order chi connectivity index (χ1) is 8.34. The highest BCUT2D eigenvalue weighted by atomic mass is 16.4. The highest BCUT2D eigenvalue weighted by Crippen LogP contribution is 2.01. The summed E-state index contributed by atoms with van der Waals surface area (Å²) in [7, 11) is 0. The van der Waals surface area contributed by atoms with Gasteiger partial charge in [-0.1, -0.05) is 32.0 Å². The third kappa shape index (κ3) is 7.40. The molecule has 0 aliphatic rings. The van der Waals surface area contributed by atoms with E-state index in [1.165, 1.54) is 0 Å². The van der Waals surface area contributed by atoms with Gasteiger partial charge in [0.25, 0.3) is 0 Å². The lowest BCUT2D eigenvalue weighted by Gasteiger charge is -2.07. The maximum Gasteiger partial charge on any atom is 0.335 e. The molecule has 1 rings (SSSR count). The number of rotatable bonds is 4. The van der Waals surface area contributed by atoms with Crippen LogP contribution in [0.3, 0.4) is 0 Å². The van der Waals surface area contributed by atoms with Crippen LogP contribution in [-0.2, 0) is 4.79 Å². The summed E-state index contributed by atoms with van der Waals surface area (Å²) in [6, 6.07) is 7.61. The molecule has 0 spiro atoms. The minimum Gasteiger partial charge on any atom is -0.480 e. The largest absolute Gasteiger partial charge is 0.480 e. The molecule has 18 heavy (non-hydrogen) atoms. The van der Waals surface area contributed by atoms with Crippen LogP contribution < -0.4 is 5.73 Å². The molecule has 0 aliphatic heterocycles. The van der Waals surface area contributed by atoms with Gasteiger partial charge in [0.1, 0.15) is 6.04 Å². The molecule has 0 radical (unpaired) electrons. The zero-order chi connectivity index (χ0) is 14.1. The van der Waals surface area contributed by atoms with Gasteiger partial charge in [0.2, 0.25) is 0 Å². The lowest BCUT2D eigenvalue weighted by Crippen LogP contribution is -2.31. The molecule has 4 N–H and O–H groups in total. The highest BCUT2D eigenvalue weighted by Gasteiger charge is 2.11. The van der Waals surface area contributed by atoms with Crippen molar-refractivity contribution in [2.24, 2.45) is 11.7 Å². The summed E-state index contributed by atoms with van der Waals surface area (Å²) in [5.74, 6) is -1.43. The van der Waals surface area contributed by atoms with Crippen LogP contribution >= 0.6 is 0 Å². The van der Waals surface area contributed by atoms with E-state index in [0.717, 1.165) is 0 Å². The van der Waals surface area contributed by atoms with Crippen molar-refractivity contribution in [2.75, 3.05) is 0 Å². The molecule has 1 atom stereocenters.